The maximum atomic E-state index is 13.6. The predicted molar refractivity (Wildman–Crippen MR) is 108 cm³/mol. The Morgan fingerprint density at radius 2 is 1.80 bits per heavy atom. The number of carbonyl (C=O) groups excluding carboxylic acids is 1. The quantitative estimate of drug-likeness (QED) is 0.808. The van der Waals surface area contributed by atoms with E-state index in [1.165, 1.54) is 7.11 Å². The van der Waals surface area contributed by atoms with E-state index in [0.29, 0.717) is 39.9 Å². The van der Waals surface area contributed by atoms with Crippen LogP contribution in [0.1, 0.15) is 41.3 Å². The van der Waals surface area contributed by atoms with Gasteiger partial charge in [-0.05, 0) is 32.1 Å². The Hall–Kier alpha value is -3.35. The van der Waals surface area contributed by atoms with Gasteiger partial charge in [-0.2, -0.15) is 0 Å². The zero-order chi connectivity index (χ0) is 21.2. The van der Waals surface area contributed by atoms with Crippen molar-refractivity contribution in [3.8, 4) is 34.5 Å². The number of carbonyl (C=O) groups is 1. The molecule has 30 heavy (non-hydrogen) atoms. The van der Waals surface area contributed by atoms with Gasteiger partial charge in [0.2, 0.25) is 0 Å². The molecule has 1 N–H and O–H groups in total. The first-order chi connectivity index (χ1) is 14.3. The highest BCUT2D eigenvalue weighted by molar-refractivity contribution is 6.08. The zero-order valence-corrected chi connectivity index (χ0v) is 17.1. The normalized spacial score (nSPS) is 22.3. The van der Waals surface area contributed by atoms with E-state index in [1.807, 2.05) is 19.9 Å². The molecule has 5 rings (SSSR count). The van der Waals surface area contributed by atoms with Crippen LogP contribution < -0.4 is 23.7 Å². The van der Waals surface area contributed by atoms with Crippen molar-refractivity contribution in [2.45, 2.75) is 31.5 Å². The Morgan fingerprint density at radius 3 is 2.53 bits per heavy atom. The number of ketones is 1. The van der Waals surface area contributed by atoms with E-state index in [2.05, 4.69) is 0 Å². The van der Waals surface area contributed by atoms with Gasteiger partial charge < -0.3 is 28.8 Å². The minimum Gasteiger partial charge on any atom is -0.506 e. The highest BCUT2D eigenvalue weighted by Crippen LogP contribution is 2.51. The smallest absolute Gasteiger partial charge is 0.181 e. The minimum absolute atomic E-state index is 0.133. The number of fused-ring (bicyclic) bond motifs is 5. The van der Waals surface area contributed by atoms with Crippen LogP contribution in [0.15, 0.2) is 24.3 Å². The monoisotopic (exact) mass is 410 g/mol. The Labute approximate surface area is 173 Å². The Balaban J connectivity index is 1.64. The summed E-state index contributed by atoms with van der Waals surface area (Å²) in [5.41, 5.74) is 0.760. The SMILES string of the molecule is COc1cc2c(cc1OC)[C@@H]1C(=O)c3c(cc4c(c3O)C=CC(C)(C)O4)O[C@@H]1CO2. The molecule has 0 saturated heterocycles. The predicted octanol–water partition coefficient (Wildman–Crippen LogP) is 3.71. The fourth-order valence-corrected chi connectivity index (χ4v) is 4.26. The molecule has 0 aliphatic carbocycles. The molecule has 2 atom stereocenters. The number of phenols is 1. The Bertz CT molecular complexity index is 1100. The third kappa shape index (κ3) is 2.61. The average Bonchev–Trinajstić information content (AvgIpc) is 2.71. The van der Waals surface area contributed by atoms with E-state index in [-0.39, 0.29) is 23.7 Å². The third-order valence-corrected chi connectivity index (χ3v) is 5.72. The number of hydrogen-bond donors (Lipinski definition) is 1. The first-order valence-corrected chi connectivity index (χ1v) is 9.71. The van der Waals surface area contributed by atoms with E-state index in [4.69, 9.17) is 23.7 Å². The Kier molecular flexibility index (Phi) is 3.93. The molecule has 0 fully saturated rings. The van der Waals surface area contributed by atoms with E-state index < -0.39 is 17.6 Å². The van der Waals surface area contributed by atoms with Gasteiger partial charge in [0, 0.05) is 17.7 Å². The van der Waals surface area contributed by atoms with Gasteiger partial charge in [0.05, 0.1) is 25.7 Å². The minimum atomic E-state index is -0.630. The molecule has 3 aliphatic rings. The summed E-state index contributed by atoms with van der Waals surface area (Å²) in [6.45, 7) is 4.03. The van der Waals surface area contributed by atoms with Crippen molar-refractivity contribution in [3.05, 3.63) is 41.0 Å². The molecule has 2 aromatic rings. The number of phenolic OH excluding ortho intramolecular Hbond substituents is 1. The van der Waals surface area contributed by atoms with Crippen LogP contribution in [0.2, 0.25) is 0 Å². The maximum absolute atomic E-state index is 13.6. The third-order valence-electron chi connectivity index (χ3n) is 5.72. The van der Waals surface area contributed by atoms with Crippen LogP contribution in [0.5, 0.6) is 34.5 Å². The highest BCUT2D eigenvalue weighted by atomic mass is 16.5. The van der Waals surface area contributed by atoms with Gasteiger partial charge >= 0.3 is 0 Å². The first kappa shape index (κ1) is 18.7. The molecule has 3 heterocycles. The van der Waals surface area contributed by atoms with E-state index in [1.54, 1.807) is 31.4 Å². The van der Waals surface area contributed by atoms with Crippen molar-refractivity contribution < 1.29 is 33.6 Å². The van der Waals surface area contributed by atoms with Gasteiger partial charge in [-0.1, -0.05) is 0 Å². The van der Waals surface area contributed by atoms with Gasteiger partial charge in [0.25, 0.3) is 0 Å². The molecule has 7 nitrogen and oxygen atoms in total. The van der Waals surface area contributed by atoms with Crippen LogP contribution in [0, 0.1) is 0 Å². The summed E-state index contributed by atoms with van der Waals surface area (Å²) < 4.78 is 28.7. The number of methoxy groups -OCH3 is 2. The molecule has 0 saturated carbocycles. The van der Waals surface area contributed by atoms with E-state index in [0.717, 1.165) is 0 Å². The van der Waals surface area contributed by atoms with Crippen LogP contribution in [0.25, 0.3) is 6.08 Å². The van der Waals surface area contributed by atoms with Crippen molar-refractivity contribution in [2.75, 3.05) is 20.8 Å². The molecule has 2 aromatic carbocycles. The first-order valence-electron chi connectivity index (χ1n) is 9.71. The van der Waals surface area contributed by atoms with Crippen molar-refractivity contribution >= 4 is 11.9 Å². The molecule has 0 bridgehead atoms. The molecule has 0 spiro atoms. The molecule has 156 valence electrons. The zero-order valence-electron chi connectivity index (χ0n) is 17.1. The lowest BCUT2D eigenvalue weighted by atomic mass is 9.81. The summed E-state index contributed by atoms with van der Waals surface area (Å²) in [6.07, 6.45) is 3.10. The van der Waals surface area contributed by atoms with Crippen LogP contribution in [-0.4, -0.2) is 43.4 Å². The summed E-state index contributed by atoms with van der Waals surface area (Å²) >= 11 is 0. The second-order valence-electron chi connectivity index (χ2n) is 8.10. The van der Waals surface area contributed by atoms with Crippen LogP contribution in [0.3, 0.4) is 0 Å². The number of ether oxygens (including phenoxy) is 5. The second kappa shape index (κ2) is 6.32. The maximum Gasteiger partial charge on any atom is 0.181 e. The number of Topliss-reactive ketones (excluding diaryl/α,β-unsaturated/α-hetero) is 1. The lowest BCUT2D eigenvalue weighted by molar-refractivity contribution is 0.0549. The topological polar surface area (TPSA) is 83.5 Å². The van der Waals surface area contributed by atoms with Crippen LogP contribution in [-0.2, 0) is 0 Å². The van der Waals surface area contributed by atoms with Gasteiger partial charge in [-0.15, -0.1) is 0 Å². The molecular formula is C23H22O7. The van der Waals surface area contributed by atoms with E-state index in [9.17, 15) is 9.90 Å². The lowest BCUT2D eigenvalue weighted by Gasteiger charge is -2.38. The lowest BCUT2D eigenvalue weighted by Crippen LogP contribution is -2.43. The standard InChI is InChI=1S/C23H22O7/c1-23(2)6-5-11-14(30-23)9-17-20(21(11)24)22(25)19-12-7-15(26-3)16(27-4)8-13(12)28-10-18(19)29-17/h5-9,18-19,24H,10H2,1-4H3/t18-,19+/m1/s1. The molecule has 0 radical (unpaired) electrons. The fraction of sp³-hybridized carbons (Fsp3) is 0.348. The second-order valence-corrected chi connectivity index (χ2v) is 8.10. The number of aromatic hydroxyl groups is 1. The van der Waals surface area contributed by atoms with Crippen LogP contribution >= 0.6 is 0 Å². The number of rotatable bonds is 2. The molecule has 3 aliphatic heterocycles. The van der Waals surface area contributed by atoms with Crippen molar-refractivity contribution in [1.82, 2.24) is 0 Å². The summed E-state index contributed by atoms with van der Waals surface area (Å²) in [5.74, 6) is 1.34. The van der Waals surface area contributed by atoms with Crippen molar-refractivity contribution in [3.63, 3.8) is 0 Å². The van der Waals surface area contributed by atoms with Gasteiger partial charge in [-0.3, -0.25) is 4.79 Å². The largest absolute Gasteiger partial charge is 0.506 e. The van der Waals surface area contributed by atoms with Crippen LogP contribution in [0.4, 0.5) is 0 Å². The number of benzene rings is 2. The van der Waals surface area contributed by atoms with Gasteiger partial charge in [-0.25, -0.2) is 0 Å². The molecule has 0 aromatic heterocycles. The van der Waals surface area contributed by atoms with E-state index >= 15 is 0 Å². The van der Waals surface area contributed by atoms with Crippen molar-refractivity contribution in [1.29, 1.82) is 0 Å². The fourth-order valence-electron chi connectivity index (χ4n) is 4.26. The molecule has 0 amide bonds. The van der Waals surface area contributed by atoms with Gasteiger partial charge in [0.15, 0.2) is 17.3 Å². The summed E-state index contributed by atoms with van der Waals surface area (Å²) in [6, 6.07) is 5.12. The number of hydrogen-bond acceptors (Lipinski definition) is 7. The summed E-state index contributed by atoms with van der Waals surface area (Å²) in [5, 5.41) is 10.9. The molecule has 0 unspecified atom stereocenters. The van der Waals surface area contributed by atoms with Crippen molar-refractivity contribution in [2.24, 2.45) is 0 Å². The highest BCUT2D eigenvalue weighted by Gasteiger charge is 2.46. The summed E-state index contributed by atoms with van der Waals surface area (Å²) in [4.78, 5) is 13.6. The molecular weight excluding hydrogens is 388 g/mol. The average molecular weight is 410 g/mol. The Morgan fingerprint density at radius 1 is 1.07 bits per heavy atom. The summed E-state index contributed by atoms with van der Waals surface area (Å²) in [7, 11) is 3.07. The van der Waals surface area contributed by atoms with Gasteiger partial charge in [0.1, 0.15) is 46.9 Å². The molecule has 7 heteroatoms.